The second-order valence-electron chi connectivity index (χ2n) is 5.32. The Hall–Kier alpha value is -1.34. The van der Waals surface area contributed by atoms with Gasteiger partial charge in [0.25, 0.3) is 5.91 Å². The Morgan fingerprint density at radius 1 is 1.33 bits per heavy atom. The number of hydrogen-bond acceptors (Lipinski definition) is 5. The molecule has 1 amide bonds. The standard InChI is InChI=1S/C16H19N3O2S.2ClH/c1-11-9-17-7-8-19(11)16(20)14-10-22-15(18-14)12-3-5-13(21-2)6-4-12;;/h3-6,10-11,17H,7-9H2,1-2H3;2*1H/t11-;;/m1../s1. The Kier molecular flexibility index (Phi) is 7.96. The van der Waals surface area contributed by atoms with Crippen molar-refractivity contribution >= 4 is 42.1 Å². The number of aromatic nitrogens is 1. The van der Waals surface area contributed by atoms with E-state index in [0.29, 0.717) is 5.69 Å². The predicted molar refractivity (Wildman–Crippen MR) is 102 cm³/mol. The van der Waals surface area contributed by atoms with Crippen molar-refractivity contribution < 1.29 is 9.53 Å². The van der Waals surface area contributed by atoms with Crippen molar-refractivity contribution in [2.24, 2.45) is 0 Å². The molecule has 0 radical (unpaired) electrons. The smallest absolute Gasteiger partial charge is 0.273 e. The zero-order valence-corrected chi connectivity index (χ0v) is 16.0. The highest BCUT2D eigenvalue weighted by molar-refractivity contribution is 7.13. The monoisotopic (exact) mass is 389 g/mol. The van der Waals surface area contributed by atoms with Gasteiger partial charge in [0, 0.05) is 36.6 Å². The van der Waals surface area contributed by atoms with Gasteiger partial charge in [-0.3, -0.25) is 4.79 Å². The fourth-order valence-corrected chi connectivity index (χ4v) is 3.33. The Morgan fingerprint density at radius 2 is 2.04 bits per heavy atom. The van der Waals surface area contributed by atoms with Gasteiger partial charge in [-0.15, -0.1) is 36.2 Å². The molecule has 1 saturated heterocycles. The van der Waals surface area contributed by atoms with Crippen LogP contribution >= 0.6 is 36.2 Å². The van der Waals surface area contributed by atoms with Crippen LogP contribution in [0.25, 0.3) is 10.6 Å². The van der Waals surface area contributed by atoms with Crippen molar-refractivity contribution in [1.82, 2.24) is 15.2 Å². The first-order valence-corrected chi connectivity index (χ1v) is 8.18. The molecule has 8 heteroatoms. The number of rotatable bonds is 3. The lowest BCUT2D eigenvalue weighted by atomic mass is 10.2. The lowest BCUT2D eigenvalue weighted by Gasteiger charge is -2.33. The summed E-state index contributed by atoms with van der Waals surface area (Å²) in [5, 5.41) is 5.99. The summed E-state index contributed by atoms with van der Waals surface area (Å²) in [6, 6.07) is 7.92. The van der Waals surface area contributed by atoms with E-state index < -0.39 is 0 Å². The molecule has 2 aromatic rings. The third-order valence-corrected chi connectivity index (χ3v) is 4.71. The number of hydrogen-bond donors (Lipinski definition) is 1. The van der Waals surface area contributed by atoms with E-state index in [0.717, 1.165) is 36.0 Å². The van der Waals surface area contributed by atoms with E-state index in [2.05, 4.69) is 17.2 Å². The highest BCUT2D eigenvalue weighted by Crippen LogP contribution is 2.26. The van der Waals surface area contributed by atoms with Crippen molar-refractivity contribution in [2.45, 2.75) is 13.0 Å². The molecule has 0 spiro atoms. The second kappa shape index (κ2) is 9.22. The van der Waals surface area contributed by atoms with Gasteiger partial charge in [0.05, 0.1) is 7.11 Å². The first-order valence-electron chi connectivity index (χ1n) is 7.30. The highest BCUT2D eigenvalue weighted by atomic mass is 35.5. The van der Waals surface area contributed by atoms with Gasteiger partial charge in [-0.1, -0.05) is 0 Å². The van der Waals surface area contributed by atoms with Crippen LogP contribution in [-0.4, -0.2) is 48.6 Å². The second-order valence-corrected chi connectivity index (χ2v) is 6.18. The van der Waals surface area contributed by atoms with Gasteiger partial charge < -0.3 is 15.0 Å². The molecular weight excluding hydrogens is 369 g/mol. The number of carbonyl (C=O) groups excluding carboxylic acids is 1. The average Bonchev–Trinajstić information content (AvgIpc) is 3.05. The maximum atomic E-state index is 12.6. The summed E-state index contributed by atoms with van der Waals surface area (Å²) in [5.74, 6) is 0.830. The van der Waals surface area contributed by atoms with Crippen LogP contribution in [0, 0.1) is 0 Å². The minimum atomic E-state index is 0. The van der Waals surface area contributed by atoms with Crippen molar-refractivity contribution in [2.75, 3.05) is 26.7 Å². The molecule has 1 fully saturated rings. The summed E-state index contributed by atoms with van der Waals surface area (Å²) in [6.07, 6.45) is 0. The number of piperazine rings is 1. The molecule has 1 aromatic carbocycles. The highest BCUT2D eigenvalue weighted by Gasteiger charge is 2.25. The fraction of sp³-hybridized carbons (Fsp3) is 0.375. The number of ether oxygens (including phenoxy) is 1. The maximum Gasteiger partial charge on any atom is 0.273 e. The number of thiazole rings is 1. The van der Waals surface area contributed by atoms with Gasteiger partial charge in [-0.05, 0) is 31.2 Å². The lowest BCUT2D eigenvalue weighted by molar-refractivity contribution is 0.0650. The zero-order chi connectivity index (χ0) is 15.5. The van der Waals surface area contributed by atoms with E-state index in [1.807, 2.05) is 34.5 Å². The minimum absolute atomic E-state index is 0. The molecular formula is C16H21Cl2N3O2S. The SMILES string of the molecule is COc1ccc(-c2nc(C(=O)N3CCNC[C@H]3C)cs2)cc1.Cl.Cl. The van der Waals surface area contributed by atoms with Gasteiger partial charge in [0.1, 0.15) is 16.5 Å². The summed E-state index contributed by atoms with van der Waals surface area (Å²) < 4.78 is 5.16. The van der Waals surface area contributed by atoms with Crippen LogP contribution in [0.2, 0.25) is 0 Å². The minimum Gasteiger partial charge on any atom is -0.497 e. The topological polar surface area (TPSA) is 54.5 Å². The molecule has 0 unspecified atom stereocenters. The van der Waals surface area contributed by atoms with Crippen molar-refractivity contribution in [3.05, 3.63) is 35.3 Å². The molecule has 132 valence electrons. The van der Waals surface area contributed by atoms with E-state index in [1.54, 1.807) is 7.11 Å². The van der Waals surface area contributed by atoms with Crippen molar-refractivity contribution in [3.63, 3.8) is 0 Å². The molecule has 24 heavy (non-hydrogen) atoms. The number of nitrogens with zero attached hydrogens (tertiary/aromatic N) is 2. The van der Waals surface area contributed by atoms with E-state index in [1.165, 1.54) is 11.3 Å². The number of nitrogens with one attached hydrogen (secondary N) is 1. The van der Waals surface area contributed by atoms with E-state index in [9.17, 15) is 4.79 Å². The van der Waals surface area contributed by atoms with Crippen LogP contribution in [0.5, 0.6) is 5.75 Å². The summed E-state index contributed by atoms with van der Waals surface area (Å²) in [5.41, 5.74) is 1.53. The number of methoxy groups -OCH3 is 1. The number of halogens is 2. The number of benzene rings is 1. The normalized spacial score (nSPS) is 16.8. The Labute approximate surface area is 158 Å². The van der Waals surface area contributed by atoms with Crippen molar-refractivity contribution in [3.8, 4) is 16.3 Å². The first kappa shape index (κ1) is 20.7. The van der Waals surface area contributed by atoms with Crippen molar-refractivity contribution in [1.29, 1.82) is 0 Å². The molecule has 1 atom stereocenters. The number of carbonyl (C=O) groups is 1. The van der Waals surface area contributed by atoms with Gasteiger partial charge >= 0.3 is 0 Å². The summed E-state index contributed by atoms with van der Waals surface area (Å²) in [4.78, 5) is 19.0. The fourth-order valence-electron chi connectivity index (χ4n) is 2.53. The van der Waals surface area contributed by atoms with Gasteiger partial charge in [0.2, 0.25) is 0 Å². The lowest BCUT2D eigenvalue weighted by Crippen LogP contribution is -2.52. The quantitative estimate of drug-likeness (QED) is 0.875. The van der Waals surface area contributed by atoms with Gasteiger partial charge in [-0.2, -0.15) is 0 Å². The molecule has 0 saturated carbocycles. The molecule has 0 bridgehead atoms. The van der Waals surface area contributed by atoms with E-state index in [-0.39, 0.29) is 36.8 Å². The van der Waals surface area contributed by atoms with Crippen LogP contribution in [0.3, 0.4) is 0 Å². The van der Waals surface area contributed by atoms with Gasteiger partial charge in [-0.25, -0.2) is 4.98 Å². The third-order valence-electron chi connectivity index (χ3n) is 3.82. The van der Waals surface area contributed by atoms with Gasteiger partial charge in [0.15, 0.2) is 0 Å². The largest absolute Gasteiger partial charge is 0.497 e. The van der Waals surface area contributed by atoms with Crippen LogP contribution in [0.4, 0.5) is 0 Å². The molecule has 5 nitrogen and oxygen atoms in total. The molecule has 2 heterocycles. The third kappa shape index (κ3) is 4.39. The molecule has 1 aliphatic rings. The zero-order valence-electron chi connectivity index (χ0n) is 13.5. The molecule has 1 aromatic heterocycles. The number of amides is 1. The van der Waals surface area contributed by atoms with Crippen LogP contribution in [-0.2, 0) is 0 Å². The van der Waals surface area contributed by atoms with E-state index >= 15 is 0 Å². The molecule has 0 aliphatic carbocycles. The summed E-state index contributed by atoms with van der Waals surface area (Å²) >= 11 is 1.49. The molecule has 1 aliphatic heterocycles. The van der Waals surface area contributed by atoms with Crippen LogP contribution in [0.15, 0.2) is 29.6 Å². The molecule has 3 rings (SSSR count). The molecule has 1 N–H and O–H groups in total. The average molecular weight is 390 g/mol. The Morgan fingerprint density at radius 3 is 2.67 bits per heavy atom. The Balaban J connectivity index is 0.00000144. The van der Waals surface area contributed by atoms with E-state index in [4.69, 9.17) is 4.74 Å². The maximum absolute atomic E-state index is 12.6. The Bertz CT molecular complexity index is 664. The van der Waals surface area contributed by atoms with Crippen LogP contribution < -0.4 is 10.1 Å². The summed E-state index contributed by atoms with van der Waals surface area (Å²) in [7, 11) is 1.64. The summed E-state index contributed by atoms with van der Waals surface area (Å²) in [6.45, 7) is 4.46. The van der Waals surface area contributed by atoms with Crippen LogP contribution in [0.1, 0.15) is 17.4 Å². The predicted octanol–water partition coefficient (Wildman–Crippen LogP) is 3.10. The first-order chi connectivity index (χ1) is 10.7.